The first-order chi connectivity index (χ1) is 19.7. The summed E-state index contributed by atoms with van der Waals surface area (Å²) in [6, 6.07) is 6.57. The Morgan fingerprint density at radius 1 is 1.17 bits per heavy atom. The van der Waals surface area contributed by atoms with Crippen molar-refractivity contribution in [2.24, 2.45) is 0 Å². The van der Waals surface area contributed by atoms with Gasteiger partial charge in [0.1, 0.15) is 23.4 Å². The molecule has 2 bridgehead atoms. The van der Waals surface area contributed by atoms with Crippen molar-refractivity contribution in [3.05, 3.63) is 52.7 Å². The molecule has 0 spiro atoms. The van der Waals surface area contributed by atoms with Gasteiger partial charge in [0.15, 0.2) is 5.82 Å². The van der Waals surface area contributed by atoms with Gasteiger partial charge in [0.05, 0.1) is 22.6 Å². The Labute approximate surface area is 235 Å². The standard InChI is InChI=1S/C32H29F2N5O2/c1-4-19-21(33)7-5-16-11-17(35)12-20(23(16)19)28-27(34)24-25-30(36-14(2)26(24)32(40)9-10-32)39-13-18-6-8-22(37-18)29(39)15(3)41-31(25)38-28/h1,5,7,11-12,15,18,22,29,37,40H,6,8-10,13,35H2,2-3H3/t15-,18+,22-,29+/m0/s1. The number of ether oxygens (including phenoxy) is 1. The van der Waals surface area contributed by atoms with Crippen LogP contribution in [-0.2, 0) is 5.60 Å². The Kier molecular flexibility index (Phi) is 5.00. The Morgan fingerprint density at radius 2 is 1.98 bits per heavy atom. The van der Waals surface area contributed by atoms with Gasteiger partial charge in [-0.15, -0.1) is 6.42 Å². The highest BCUT2D eigenvalue weighted by molar-refractivity contribution is 6.06. The number of nitrogens with one attached hydrogen (secondary N) is 1. The lowest BCUT2D eigenvalue weighted by Crippen LogP contribution is -2.62. The van der Waals surface area contributed by atoms with Crippen LogP contribution in [0.3, 0.4) is 0 Å². The van der Waals surface area contributed by atoms with Crippen LogP contribution in [-0.4, -0.2) is 45.8 Å². The van der Waals surface area contributed by atoms with Gasteiger partial charge in [0.25, 0.3) is 0 Å². The predicted octanol–water partition coefficient (Wildman–Crippen LogP) is 4.67. The van der Waals surface area contributed by atoms with Crippen molar-refractivity contribution in [3.63, 3.8) is 0 Å². The summed E-state index contributed by atoms with van der Waals surface area (Å²) in [6.07, 6.45) is 8.53. The summed E-state index contributed by atoms with van der Waals surface area (Å²) in [5.41, 5.74) is 6.67. The van der Waals surface area contributed by atoms with Gasteiger partial charge < -0.3 is 25.8 Å². The van der Waals surface area contributed by atoms with Crippen LogP contribution in [0.2, 0.25) is 0 Å². The molecule has 3 aliphatic heterocycles. The molecular formula is C32H29F2N5O2. The number of piperazine rings is 1. The van der Waals surface area contributed by atoms with Crippen LogP contribution in [0.1, 0.15) is 49.4 Å². The molecule has 9 heteroatoms. The molecule has 1 saturated carbocycles. The third kappa shape index (κ3) is 3.38. The number of halogens is 2. The summed E-state index contributed by atoms with van der Waals surface area (Å²) in [5, 5.41) is 16.8. The quantitative estimate of drug-likeness (QED) is 0.245. The average molecular weight is 554 g/mol. The summed E-state index contributed by atoms with van der Waals surface area (Å²) in [6.45, 7) is 4.54. The average Bonchev–Trinajstić information content (AvgIpc) is 3.60. The highest BCUT2D eigenvalue weighted by Gasteiger charge is 2.50. The van der Waals surface area contributed by atoms with Crippen LogP contribution in [0.25, 0.3) is 32.8 Å². The zero-order valence-corrected chi connectivity index (χ0v) is 22.8. The number of anilines is 2. The molecule has 1 aliphatic carbocycles. The molecule has 2 saturated heterocycles. The van der Waals surface area contributed by atoms with Crippen molar-refractivity contribution in [2.45, 2.75) is 69.4 Å². The fourth-order valence-corrected chi connectivity index (χ4v) is 7.53. The smallest absolute Gasteiger partial charge is 0.226 e. The van der Waals surface area contributed by atoms with Crippen LogP contribution < -0.4 is 20.7 Å². The molecule has 3 fully saturated rings. The first-order valence-corrected chi connectivity index (χ1v) is 14.1. The van der Waals surface area contributed by atoms with Crippen LogP contribution in [0.4, 0.5) is 20.3 Å². The minimum absolute atomic E-state index is 0.00539. The maximum absolute atomic E-state index is 17.2. The first-order valence-electron chi connectivity index (χ1n) is 14.1. The molecule has 0 radical (unpaired) electrons. The normalized spacial score (nSPS) is 25.5. The van der Waals surface area contributed by atoms with Crippen LogP contribution in [0.5, 0.6) is 5.88 Å². The van der Waals surface area contributed by atoms with Crippen molar-refractivity contribution in [2.75, 3.05) is 17.2 Å². The number of nitrogens with zero attached hydrogens (tertiary/aromatic N) is 3. The Hall–Kier alpha value is -4.00. The number of rotatable bonds is 2. The topological polar surface area (TPSA) is 96.5 Å². The summed E-state index contributed by atoms with van der Waals surface area (Å²) in [7, 11) is 0. The van der Waals surface area contributed by atoms with Crippen molar-refractivity contribution < 1.29 is 18.6 Å². The second-order valence-electron chi connectivity index (χ2n) is 12.0. The molecule has 8 rings (SSSR count). The van der Waals surface area contributed by atoms with E-state index >= 15 is 4.39 Å². The summed E-state index contributed by atoms with van der Waals surface area (Å²) in [5.74, 6) is 2.06. The second kappa shape index (κ2) is 8.28. The van der Waals surface area contributed by atoms with Crippen molar-refractivity contribution in [1.29, 1.82) is 0 Å². The number of pyridine rings is 2. The maximum atomic E-state index is 17.2. The Morgan fingerprint density at radius 3 is 2.73 bits per heavy atom. The van der Waals surface area contributed by atoms with Crippen LogP contribution >= 0.6 is 0 Å². The molecule has 41 heavy (non-hydrogen) atoms. The molecule has 5 heterocycles. The van der Waals surface area contributed by atoms with Crippen LogP contribution in [0, 0.1) is 30.9 Å². The fourth-order valence-electron chi connectivity index (χ4n) is 7.53. The van der Waals surface area contributed by atoms with E-state index in [4.69, 9.17) is 26.9 Å². The molecular weight excluding hydrogens is 524 g/mol. The maximum Gasteiger partial charge on any atom is 0.226 e. The summed E-state index contributed by atoms with van der Waals surface area (Å²) in [4.78, 5) is 12.1. The molecule has 208 valence electrons. The Balaban J connectivity index is 1.50. The number of nitrogens with two attached hydrogens (primary N) is 1. The lowest BCUT2D eigenvalue weighted by molar-refractivity contribution is 0.151. The number of fused-ring (bicyclic) bond motifs is 6. The lowest BCUT2D eigenvalue weighted by atomic mass is 9.92. The molecule has 4 aliphatic rings. The third-order valence-corrected chi connectivity index (χ3v) is 9.41. The predicted molar refractivity (Wildman–Crippen MR) is 154 cm³/mol. The van der Waals surface area contributed by atoms with Gasteiger partial charge in [-0.1, -0.05) is 12.0 Å². The Bertz CT molecular complexity index is 1860. The van der Waals surface area contributed by atoms with Gasteiger partial charge in [-0.3, -0.25) is 0 Å². The number of aryl methyl sites for hydroxylation is 1. The SMILES string of the molecule is C#Cc1c(F)ccc2cc(N)cc(-c3nc4c5c(nc(C)c(C6(O)CC6)c5c3F)N3C[C@H]5CC[C@H](N5)[C@H]3[C@H](C)O4)c12. The summed E-state index contributed by atoms with van der Waals surface area (Å²) >= 11 is 0. The summed E-state index contributed by atoms with van der Waals surface area (Å²) < 4.78 is 38.7. The van der Waals surface area contributed by atoms with Gasteiger partial charge >= 0.3 is 0 Å². The van der Waals surface area contributed by atoms with E-state index in [2.05, 4.69) is 16.1 Å². The molecule has 4 atom stereocenters. The molecule has 4 aromatic rings. The van der Waals surface area contributed by atoms with Crippen molar-refractivity contribution in [3.8, 4) is 29.5 Å². The molecule has 0 amide bonds. The first kappa shape index (κ1) is 24.8. The zero-order valence-electron chi connectivity index (χ0n) is 22.8. The number of nitrogen functional groups attached to an aromatic ring is 1. The van der Waals surface area contributed by atoms with E-state index in [0.29, 0.717) is 64.3 Å². The minimum atomic E-state index is -1.19. The second-order valence-corrected chi connectivity index (χ2v) is 12.0. The van der Waals surface area contributed by atoms with E-state index in [1.165, 1.54) is 6.07 Å². The highest BCUT2D eigenvalue weighted by Crippen LogP contribution is 2.54. The van der Waals surface area contributed by atoms with E-state index < -0.39 is 17.2 Å². The third-order valence-electron chi connectivity index (χ3n) is 9.41. The number of benzene rings is 2. The van der Waals surface area contributed by atoms with Crippen molar-refractivity contribution in [1.82, 2.24) is 15.3 Å². The van der Waals surface area contributed by atoms with Crippen LogP contribution in [0.15, 0.2) is 24.3 Å². The number of aromatic nitrogens is 2. The van der Waals surface area contributed by atoms with Gasteiger partial charge in [-0.05, 0) is 63.1 Å². The number of hydrogen-bond acceptors (Lipinski definition) is 7. The highest BCUT2D eigenvalue weighted by atomic mass is 19.1. The van der Waals surface area contributed by atoms with Crippen molar-refractivity contribution >= 4 is 33.1 Å². The van der Waals surface area contributed by atoms with E-state index in [-0.39, 0.29) is 46.3 Å². The number of hydrogen-bond donors (Lipinski definition) is 3. The van der Waals surface area contributed by atoms with Gasteiger partial charge in [0.2, 0.25) is 5.88 Å². The van der Waals surface area contributed by atoms with E-state index in [1.807, 2.05) is 13.8 Å². The molecule has 0 unspecified atom stereocenters. The molecule has 2 aromatic carbocycles. The monoisotopic (exact) mass is 553 g/mol. The molecule has 2 aromatic heterocycles. The van der Waals surface area contributed by atoms with Gasteiger partial charge in [-0.2, -0.15) is 0 Å². The fraction of sp³-hybridized carbons (Fsp3) is 0.375. The molecule has 7 nitrogen and oxygen atoms in total. The van der Waals surface area contributed by atoms with E-state index in [9.17, 15) is 9.50 Å². The van der Waals surface area contributed by atoms with E-state index in [1.54, 1.807) is 18.2 Å². The van der Waals surface area contributed by atoms with Gasteiger partial charge in [0, 0.05) is 51.9 Å². The zero-order chi connectivity index (χ0) is 28.4. The van der Waals surface area contributed by atoms with Gasteiger partial charge in [-0.25, -0.2) is 18.7 Å². The number of terminal acetylenes is 1. The number of aliphatic hydroxyl groups is 1. The lowest BCUT2D eigenvalue weighted by Gasteiger charge is -2.43. The minimum Gasteiger partial charge on any atom is -0.472 e. The largest absolute Gasteiger partial charge is 0.472 e. The van der Waals surface area contributed by atoms with E-state index in [0.717, 1.165) is 12.8 Å². The molecule has 4 N–H and O–H groups in total.